The first-order valence-corrected chi connectivity index (χ1v) is 37.9. The van der Waals surface area contributed by atoms with Crippen LogP contribution >= 0.6 is 0 Å². The van der Waals surface area contributed by atoms with Gasteiger partial charge in [0, 0.05) is 39.0 Å². The highest BCUT2D eigenvalue weighted by molar-refractivity contribution is 6.02. The second kappa shape index (κ2) is 49.6. The number of nitrogens with zero attached hydrogens (tertiary/aromatic N) is 2. The number of aliphatic carboxylic acids is 2. The number of carbonyl (C=O) groups is 20. The lowest BCUT2D eigenvalue weighted by atomic mass is 10.0. The maximum Gasteiger partial charge on any atom is 0.326 e. The number of primary amides is 3. The number of carboxylic acids is 2. The number of rotatable bonds is 51. The van der Waals surface area contributed by atoms with Crippen molar-refractivity contribution in [1.29, 1.82) is 10.8 Å². The van der Waals surface area contributed by atoms with Gasteiger partial charge in [0.05, 0.1) is 44.7 Å². The highest BCUT2D eigenvalue weighted by atomic mass is 16.4. The van der Waals surface area contributed by atoms with Crippen molar-refractivity contribution >= 4 is 130 Å². The molecule has 0 radical (unpaired) electrons. The molecule has 49 heteroatoms. The van der Waals surface area contributed by atoms with E-state index >= 15 is 0 Å². The topological polar surface area (TPSA) is 799 Å². The van der Waals surface area contributed by atoms with E-state index in [0.29, 0.717) is 19.4 Å². The van der Waals surface area contributed by atoms with E-state index in [1.54, 1.807) is 13.8 Å². The van der Waals surface area contributed by atoms with Crippen LogP contribution < -0.4 is 114 Å². The van der Waals surface area contributed by atoms with E-state index in [1.165, 1.54) is 6.92 Å². The lowest BCUT2D eigenvalue weighted by Crippen LogP contribution is -2.60. The quantitative estimate of drug-likeness (QED) is 0.0153. The van der Waals surface area contributed by atoms with Crippen LogP contribution in [0.5, 0.6) is 0 Å². The summed E-state index contributed by atoms with van der Waals surface area (Å²) in [6.07, 6.45) is -4.24. The number of hydrogen-bond donors (Lipinski definition) is 27. The van der Waals surface area contributed by atoms with Crippen molar-refractivity contribution < 1.29 is 116 Å². The largest absolute Gasteiger partial charge is 0.481 e. The summed E-state index contributed by atoms with van der Waals surface area (Å²) in [4.78, 5) is 267. The third kappa shape index (κ3) is 35.2. The monoisotopic (exact) mass is 1660 g/mol. The van der Waals surface area contributed by atoms with E-state index in [0.717, 1.165) is 23.6 Å². The number of nitrogens with one attached hydrogen (secondary N) is 18. The van der Waals surface area contributed by atoms with Crippen LogP contribution in [0.4, 0.5) is 0 Å². The molecule has 3 fully saturated rings. The first-order valence-electron chi connectivity index (χ1n) is 37.9. The van der Waals surface area contributed by atoms with Gasteiger partial charge in [-0.05, 0) is 117 Å². The Bertz CT molecular complexity index is 3620. The Labute approximate surface area is 671 Å². The smallest absolute Gasteiger partial charge is 0.326 e. The third-order valence-electron chi connectivity index (χ3n) is 18.5. The molecule has 0 aliphatic carbocycles. The highest BCUT2D eigenvalue weighted by Gasteiger charge is 2.43. The summed E-state index contributed by atoms with van der Waals surface area (Å²) in [5.41, 5.74) is 26.7. The first kappa shape index (κ1) is 99.0. The summed E-state index contributed by atoms with van der Waals surface area (Å²) < 4.78 is 0. The molecule has 0 aromatic rings. The van der Waals surface area contributed by atoms with Crippen LogP contribution in [0.25, 0.3) is 0 Å². The molecule has 32 N–H and O–H groups in total. The van der Waals surface area contributed by atoms with E-state index in [9.17, 15) is 116 Å². The Morgan fingerprint density at radius 1 is 0.436 bits per heavy atom. The van der Waals surface area contributed by atoms with Gasteiger partial charge in [-0.2, -0.15) is 0 Å². The molecule has 0 aromatic carbocycles. The zero-order valence-electron chi connectivity index (χ0n) is 65.7. The number of nitrogens with two attached hydrogens (primary N) is 5. The normalized spacial score (nSPS) is 17.9. The number of aliphatic hydroxyl groups is 2. The van der Waals surface area contributed by atoms with Gasteiger partial charge in [0.1, 0.15) is 78.5 Å². The lowest BCUT2D eigenvalue weighted by molar-refractivity contribution is -0.145. The Balaban J connectivity index is 1.68. The fraction of sp³-hybridized carbons (Fsp3) is 0.676. The molecular weight excluding hydrogens is 1550 g/mol. The van der Waals surface area contributed by atoms with Gasteiger partial charge in [0.15, 0.2) is 11.9 Å². The summed E-state index contributed by atoms with van der Waals surface area (Å²) in [5.74, 6) is -22.3. The molecule has 117 heavy (non-hydrogen) atoms. The Morgan fingerprint density at radius 2 is 0.880 bits per heavy atom. The molecule has 3 saturated heterocycles. The summed E-state index contributed by atoms with van der Waals surface area (Å²) in [7, 11) is 0. The zero-order valence-corrected chi connectivity index (χ0v) is 65.7. The molecular formula is C68H113N25O24. The molecule has 49 nitrogen and oxygen atoms in total. The molecule has 0 aromatic heterocycles. The van der Waals surface area contributed by atoms with Crippen molar-refractivity contribution in [2.45, 2.75) is 234 Å². The minimum atomic E-state index is -1.94. The summed E-state index contributed by atoms with van der Waals surface area (Å²) in [6, 6.07) is -21.3. The van der Waals surface area contributed by atoms with Crippen molar-refractivity contribution in [3.8, 4) is 0 Å². The van der Waals surface area contributed by atoms with Gasteiger partial charge in [-0.1, -0.05) is 13.8 Å². The molecule has 0 spiro atoms. The second-order valence-corrected chi connectivity index (χ2v) is 28.7. The lowest BCUT2D eigenvalue weighted by Gasteiger charge is -2.31. The second-order valence-electron chi connectivity index (χ2n) is 28.7. The third-order valence-corrected chi connectivity index (χ3v) is 18.5. The number of amides is 18. The minimum absolute atomic E-state index is 0.0332. The number of carbonyl (C=O) groups excluding carboxylic acids is 18. The maximum atomic E-state index is 14.5. The predicted octanol–water partition coefficient (Wildman–Crippen LogP) is -12.8. The summed E-state index contributed by atoms with van der Waals surface area (Å²) >= 11 is 0. The Kier molecular flexibility index (Phi) is 41.9. The average molecular weight is 1660 g/mol. The molecule has 0 unspecified atom stereocenters. The van der Waals surface area contributed by atoms with E-state index in [1.807, 2.05) is 0 Å². The van der Waals surface area contributed by atoms with Crippen LogP contribution in [-0.2, 0) is 95.9 Å². The van der Waals surface area contributed by atoms with E-state index in [4.69, 9.17) is 39.5 Å². The SMILES string of the molecule is CC(C)C[C@H](NC(=O)[C@@H]1CCCN1C(=O)[C@H](C)NC(=O)[C@H](CC(=O)O)NC(=O)[C@@H]1CCCN1C(=O)[C@H](CCC(N)=O)NC(=O)[C@H](CCC(N)=O)NC(=O)[C@H](CO)NC(=O)[C@H](CCCNC(=N)N)NC(=O)[C@@H]1CCCN1)C(=O)NCC(=O)N[C@H](C(=O)NCC(=O)N[C@@H](C)C(=O)N[C@@H](CC(N)=O)C(=O)N[C@@H](CCCNC(=N)N)C(=O)O)[C@@H](C)O. The molecule has 0 saturated carbocycles. The number of aliphatic hydroxyl groups excluding tert-OH is 2. The van der Waals surface area contributed by atoms with E-state index in [-0.39, 0.29) is 102 Å². The van der Waals surface area contributed by atoms with Crippen LogP contribution in [0.2, 0.25) is 0 Å². The molecule has 3 heterocycles. The average Bonchev–Trinajstić information content (AvgIpc) is 1.72. The zero-order chi connectivity index (χ0) is 88.1. The van der Waals surface area contributed by atoms with Gasteiger partial charge in [-0.15, -0.1) is 0 Å². The van der Waals surface area contributed by atoms with Crippen molar-refractivity contribution in [2.75, 3.05) is 52.4 Å². The van der Waals surface area contributed by atoms with E-state index < -0.39 is 267 Å². The van der Waals surface area contributed by atoms with Gasteiger partial charge in [0.2, 0.25) is 106 Å². The molecule has 3 aliphatic rings. The minimum Gasteiger partial charge on any atom is -0.481 e. The van der Waals surface area contributed by atoms with Crippen molar-refractivity contribution in [3.05, 3.63) is 0 Å². The van der Waals surface area contributed by atoms with Gasteiger partial charge in [-0.3, -0.25) is 102 Å². The standard InChI is InChI=1S/C68H113N25O24/c1-31(2)25-40(54(104)79-29-50(100)91-52(34(5)95)63(113)80-28-49(99)81-32(3)53(103)87-41(26-48(71)98)59(109)86-39(66(116)117)13-8-22-78-68(74)75)88-61(111)44-14-9-23-92(44)64(114)33(4)82-58(108)42(27-51(101)102)89-62(112)45-15-10-24-93(45)65(115)38(17-19-47(70)97)85-57(107)37(16-18-46(69)96)84-60(110)43(30-94)90-56(106)36(12-7-21-77-67(72)73)83-55(105)35-11-6-20-76-35/h31-45,52,76,94-95H,6-30H2,1-5H3,(H2,69,96)(H2,70,97)(H2,71,98)(H,79,104)(H,80,113)(H,81,99)(H,82,108)(H,83,105)(H,84,110)(H,85,107)(H,86,109)(H,87,103)(H,88,111)(H,89,112)(H,90,106)(H,91,100)(H,101,102)(H,116,117)(H4,72,73,77)(H4,74,75,78)/t32-,33-,34+,35-,36-,37-,38-,39-,40-,41-,42-,43-,44-,45-,52-/m0/s1. The van der Waals surface area contributed by atoms with Crippen molar-refractivity contribution in [2.24, 2.45) is 34.6 Å². The first-order chi connectivity index (χ1) is 54.9. The van der Waals surface area contributed by atoms with Gasteiger partial charge < -0.3 is 144 Å². The Hall–Kier alpha value is -12.2. The van der Waals surface area contributed by atoms with Crippen LogP contribution in [-0.4, -0.2) is 304 Å². The molecule has 0 bridgehead atoms. The molecule has 3 rings (SSSR count). The number of carboxylic acid groups (broad SMARTS) is 2. The molecule has 654 valence electrons. The van der Waals surface area contributed by atoms with Gasteiger partial charge in [-0.25, -0.2) is 4.79 Å². The van der Waals surface area contributed by atoms with Crippen molar-refractivity contribution in [1.82, 2.24) is 94.9 Å². The highest BCUT2D eigenvalue weighted by Crippen LogP contribution is 2.23. The molecule has 3 aliphatic heterocycles. The maximum absolute atomic E-state index is 14.5. The van der Waals surface area contributed by atoms with Gasteiger partial charge in [0.25, 0.3) is 0 Å². The summed E-state index contributed by atoms with van der Waals surface area (Å²) in [6.45, 7) is 4.52. The van der Waals surface area contributed by atoms with Crippen LogP contribution in [0.15, 0.2) is 0 Å². The van der Waals surface area contributed by atoms with E-state index in [2.05, 4.69) is 85.1 Å². The molecule has 15 atom stereocenters. The van der Waals surface area contributed by atoms with Crippen molar-refractivity contribution in [3.63, 3.8) is 0 Å². The summed E-state index contributed by atoms with van der Waals surface area (Å²) in [5, 5.41) is 93.2. The van der Waals surface area contributed by atoms with Gasteiger partial charge >= 0.3 is 11.9 Å². The number of likely N-dealkylation sites (tertiary alicyclic amines) is 2. The van der Waals surface area contributed by atoms with Crippen LogP contribution in [0.1, 0.15) is 144 Å². The van der Waals surface area contributed by atoms with Crippen LogP contribution in [0, 0.1) is 16.7 Å². The van der Waals surface area contributed by atoms with Crippen LogP contribution in [0.3, 0.4) is 0 Å². The predicted molar refractivity (Wildman–Crippen MR) is 406 cm³/mol. The fourth-order valence-electron chi connectivity index (χ4n) is 12.5. The Morgan fingerprint density at radius 3 is 1.38 bits per heavy atom. The number of hydrogen-bond acceptors (Lipinski definition) is 25. The number of guanidine groups is 2. The molecule has 18 amide bonds. The fourth-order valence-corrected chi connectivity index (χ4v) is 12.5.